The molecule has 3 heterocycles. The number of unbranched alkanes of at least 4 members (excludes halogenated alkanes) is 1. The molecule has 1 aromatic carbocycles. The first-order valence-electron chi connectivity index (χ1n) is 11.9. The minimum Gasteiger partial charge on any atom is -0.497 e. The highest BCUT2D eigenvalue weighted by Gasteiger charge is 2.33. The molecule has 0 unspecified atom stereocenters. The van der Waals surface area contributed by atoms with Crippen LogP contribution >= 0.6 is 11.3 Å². The molecule has 0 spiro atoms. The summed E-state index contributed by atoms with van der Waals surface area (Å²) in [5.74, 6) is 0.164. The standard InChI is InChI=1S/C26H33N3O3S/c1-32-21-8-9-24-22(17-21)19(10-12-27-24)5-4-6-20-11-15-29(18-23(20)26(30)31)14-3-2-7-25-28-13-16-33-25/h8-10,12-13,16-17,20,23H,2-7,11,14-15,18H2,1H3,(H,30,31)/t20-,23+/m1/s1. The van der Waals surface area contributed by atoms with E-state index in [0.29, 0.717) is 6.54 Å². The second-order valence-electron chi connectivity index (χ2n) is 8.92. The molecule has 0 radical (unpaired) electrons. The number of carboxylic acid groups (broad SMARTS) is 1. The highest BCUT2D eigenvalue weighted by atomic mass is 32.1. The maximum absolute atomic E-state index is 12.0. The normalized spacial score (nSPS) is 19.1. The van der Waals surface area contributed by atoms with Crippen LogP contribution in [-0.4, -0.2) is 52.7 Å². The lowest BCUT2D eigenvalue weighted by Gasteiger charge is -2.36. The van der Waals surface area contributed by atoms with Crippen molar-refractivity contribution in [1.29, 1.82) is 0 Å². The maximum atomic E-state index is 12.0. The summed E-state index contributed by atoms with van der Waals surface area (Å²) in [6.07, 6.45) is 10.8. The molecule has 1 aliphatic heterocycles. The molecule has 7 heteroatoms. The number of hydrogen-bond acceptors (Lipinski definition) is 6. The molecule has 6 nitrogen and oxygen atoms in total. The Kier molecular flexibility index (Phi) is 8.29. The van der Waals surface area contributed by atoms with E-state index in [-0.39, 0.29) is 11.8 Å². The molecular weight excluding hydrogens is 434 g/mol. The number of fused-ring (bicyclic) bond motifs is 1. The van der Waals surface area contributed by atoms with Gasteiger partial charge < -0.3 is 14.7 Å². The van der Waals surface area contributed by atoms with Crippen LogP contribution in [0, 0.1) is 11.8 Å². The summed E-state index contributed by atoms with van der Waals surface area (Å²) in [6, 6.07) is 8.05. The molecule has 33 heavy (non-hydrogen) atoms. The maximum Gasteiger partial charge on any atom is 0.308 e. The quantitative estimate of drug-likeness (QED) is 0.397. The number of methoxy groups -OCH3 is 1. The largest absolute Gasteiger partial charge is 0.497 e. The first kappa shape index (κ1) is 23.6. The van der Waals surface area contributed by atoms with E-state index in [0.717, 1.165) is 74.7 Å². The number of aryl methyl sites for hydroxylation is 2. The van der Waals surface area contributed by atoms with Crippen molar-refractivity contribution in [3.8, 4) is 5.75 Å². The second-order valence-corrected chi connectivity index (χ2v) is 9.90. The molecule has 2 atom stereocenters. The molecule has 176 valence electrons. The van der Waals surface area contributed by atoms with Crippen LogP contribution < -0.4 is 4.74 Å². The molecule has 1 N–H and O–H groups in total. The van der Waals surface area contributed by atoms with Crippen LogP contribution in [0.4, 0.5) is 0 Å². The van der Waals surface area contributed by atoms with Crippen molar-refractivity contribution in [2.75, 3.05) is 26.7 Å². The summed E-state index contributed by atoms with van der Waals surface area (Å²) in [6.45, 7) is 2.65. The van der Waals surface area contributed by atoms with Crippen LogP contribution in [0.5, 0.6) is 5.75 Å². The van der Waals surface area contributed by atoms with Crippen molar-refractivity contribution in [2.24, 2.45) is 11.8 Å². The van der Waals surface area contributed by atoms with Gasteiger partial charge in [0.15, 0.2) is 0 Å². The average molecular weight is 468 g/mol. The Balaban J connectivity index is 1.27. The fourth-order valence-corrected chi connectivity index (χ4v) is 5.63. The number of carbonyl (C=O) groups is 1. The predicted octanol–water partition coefficient (Wildman–Crippen LogP) is 5.07. The number of pyridine rings is 1. The Labute approximate surface area is 199 Å². The number of hydrogen-bond donors (Lipinski definition) is 1. The van der Waals surface area contributed by atoms with Gasteiger partial charge in [-0.1, -0.05) is 0 Å². The lowest BCUT2D eigenvalue weighted by molar-refractivity contribution is -0.146. The first-order chi connectivity index (χ1) is 16.1. The minimum absolute atomic E-state index is 0.247. The minimum atomic E-state index is -0.647. The first-order valence-corrected chi connectivity index (χ1v) is 12.8. The number of aliphatic carboxylic acids is 1. The summed E-state index contributed by atoms with van der Waals surface area (Å²) in [5.41, 5.74) is 2.23. The van der Waals surface area contributed by atoms with E-state index in [4.69, 9.17) is 4.74 Å². The number of likely N-dealkylation sites (tertiary alicyclic amines) is 1. The van der Waals surface area contributed by atoms with Crippen molar-refractivity contribution in [1.82, 2.24) is 14.9 Å². The molecule has 1 saturated heterocycles. The number of thiazole rings is 1. The summed E-state index contributed by atoms with van der Waals surface area (Å²) in [5, 5.41) is 14.2. The number of carboxylic acids is 1. The van der Waals surface area contributed by atoms with Crippen molar-refractivity contribution >= 4 is 28.2 Å². The summed E-state index contributed by atoms with van der Waals surface area (Å²) in [4.78, 5) is 23.2. The molecular formula is C26H33N3O3S. The van der Waals surface area contributed by atoms with Gasteiger partial charge in [-0.3, -0.25) is 9.78 Å². The smallest absolute Gasteiger partial charge is 0.308 e. The van der Waals surface area contributed by atoms with Crippen molar-refractivity contribution in [3.63, 3.8) is 0 Å². The molecule has 4 rings (SSSR count). The summed E-state index contributed by atoms with van der Waals surface area (Å²) < 4.78 is 5.38. The van der Waals surface area contributed by atoms with Gasteiger partial charge in [0.25, 0.3) is 0 Å². The van der Waals surface area contributed by atoms with Crippen LogP contribution in [0.15, 0.2) is 42.0 Å². The fraction of sp³-hybridized carbons (Fsp3) is 0.500. The summed E-state index contributed by atoms with van der Waals surface area (Å²) in [7, 11) is 1.68. The topological polar surface area (TPSA) is 75.5 Å². The van der Waals surface area contributed by atoms with Crippen LogP contribution in [0.1, 0.15) is 42.7 Å². The van der Waals surface area contributed by atoms with Gasteiger partial charge >= 0.3 is 5.97 Å². The van der Waals surface area contributed by atoms with E-state index >= 15 is 0 Å². The van der Waals surface area contributed by atoms with Gasteiger partial charge in [0.05, 0.1) is 23.6 Å². The van der Waals surface area contributed by atoms with Gasteiger partial charge in [-0.05, 0) is 93.8 Å². The Morgan fingerprint density at radius 2 is 2.09 bits per heavy atom. The zero-order chi connectivity index (χ0) is 23.0. The third kappa shape index (κ3) is 6.30. The lowest BCUT2D eigenvalue weighted by Crippen LogP contribution is -2.44. The Hall–Kier alpha value is -2.51. The van der Waals surface area contributed by atoms with E-state index in [1.165, 1.54) is 10.6 Å². The van der Waals surface area contributed by atoms with Crippen LogP contribution in [0.2, 0.25) is 0 Å². The molecule has 0 aliphatic carbocycles. The fourth-order valence-electron chi connectivity index (χ4n) is 4.97. The van der Waals surface area contributed by atoms with Gasteiger partial charge in [0.2, 0.25) is 0 Å². The Morgan fingerprint density at radius 3 is 2.88 bits per heavy atom. The van der Waals surface area contributed by atoms with E-state index in [9.17, 15) is 9.90 Å². The molecule has 0 saturated carbocycles. The SMILES string of the molecule is COc1ccc2nccc(CCC[C@@H]3CCN(CCCCc4nccs4)C[C@@H]3C(=O)O)c2c1. The predicted molar refractivity (Wildman–Crippen MR) is 132 cm³/mol. The third-order valence-electron chi connectivity index (χ3n) is 6.82. The molecule has 0 amide bonds. The second kappa shape index (κ2) is 11.6. The third-order valence-corrected chi connectivity index (χ3v) is 7.66. The average Bonchev–Trinajstić information content (AvgIpc) is 3.36. The van der Waals surface area contributed by atoms with Crippen molar-refractivity contribution in [3.05, 3.63) is 52.6 Å². The van der Waals surface area contributed by atoms with E-state index in [2.05, 4.69) is 20.9 Å². The van der Waals surface area contributed by atoms with Gasteiger partial charge in [-0.15, -0.1) is 11.3 Å². The van der Waals surface area contributed by atoms with E-state index in [1.54, 1.807) is 18.4 Å². The van der Waals surface area contributed by atoms with Crippen molar-refractivity contribution in [2.45, 2.75) is 44.9 Å². The Morgan fingerprint density at radius 1 is 1.18 bits per heavy atom. The molecule has 1 fully saturated rings. The lowest BCUT2D eigenvalue weighted by atomic mass is 9.81. The van der Waals surface area contributed by atoms with E-state index < -0.39 is 5.97 Å². The Bertz CT molecular complexity index is 1040. The number of ether oxygens (including phenoxy) is 1. The molecule has 1 aliphatic rings. The monoisotopic (exact) mass is 467 g/mol. The molecule has 3 aromatic rings. The van der Waals surface area contributed by atoms with Gasteiger partial charge in [0, 0.05) is 29.7 Å². The number of rotatable bonds is 11. The molecule has 2 aromatic heterocycles. The number of piperidine rings is 1. The highest BCUT2D eigenvalue weighted by molar-refractivity contribution is 7.09. The number of aromatic nitrogens is 2. The zero-order valence-corrected chi connectivity index (χ0v) is 20.1. The highest BCUT2D eigenvalue weighted by Crippen LogP contribution is 2.30. The van der Waals surface area contributed by atoms with Gasteiger partial charge in [0.1, 0.15) is 5.75 Å². The van der Waals surface area contributed by atoms with Gasteiger partial charge in [-0.25, -0.2) is 4.98 Å². The molecule has 0 bridgehead atoms. The summed E-state index contributed by atoms with van der Waals surface area (Å²) >= 11 is 1.71. The van der Waals surface area contributed by atoms with Crippen molar-refractivity contribution < 1.29 is 14.6 Å². The van der Waals surface area contributed by atoms with E-state index in [1.807, 2.05) is 36.0 Å². The van der Waals surface area contributed by atoms with Crippen LogP contribution in [0.3, 0.4) is 0 Å². The van der Waals surface area contributed by atoms with Crippen LogP contribution in [-0.2, 0) is 17.6 Å². The van der Waals surface area contributed by atoms with Gasteiger partial charge in [-0.2, -0.15) is 0 Å². The number of benzene rings is 1. The zero-order valence-electron chi connectivity index (χ0n) is 19.3. The van der Waals surface area contributed by atoms with Crippen LogP contribution in [0.25, 0.3) is 10.9 Å². The number of nitrogens with zero attached hydrogens (tertiary/aromatic N) is 3.